The molecule has 0 unspecified atom stereocenters. The van der Waals surface area contributed by atoms with E-state index in [2.05, 4.69) is 25.7 Å². The number of carbonyl (C=O) groups is 1. The summed E-state index contributed by atoms with van der Waals surface area (Å²) in [5, 5.41) is 12.0. The molecule has 0 aliphatic heterocycles. The van der Waals surface area contributed by atoms with Gasteiger partial charge in [0.25, 0.3) is 5.91 Å². The minimum Gasteiger partial charge on any atom is -0.481 e. The van der Waals surface area contributed by atoms with Crippen LogP contribution in [0.15, 0.2) is 30.7 Å². The second kappa shape index (κ2) is 9.11. The van der Waals surface area contributed by atoms with Crippen LogP contribution in [0.4, 0.5) is 5.69 Å². The largest absolute Gasteiger partial charge is 0.481 e. The quantitative estimate of drug-likeness (QED) is 0.621. The first-order valence-electron chi connectivity index (χ1n) is 10.6. The Morgan fingerprint density at radius 1 is 1.17 bits per heavy atom. The molecule has 8 heteroatoms. The van der Waals surface area contributed by atoms with Crippen LogP contribution in [0.1, 0.15) is 54.9 Å². The second-order valence-corrected chi connectivity index (χ2v) is 7.62. The predicted molar refractivity (Wildman–Crippen MR) is 116 cm³/mol. The van der Waals surface area contributed by atoms with E-state index >= 15 is 0 Å². The van der Waals surface area contributed by atoms with Gasteiger partial charge in [-0.3, -0.25) is 4.79 Å². The van der Waals surface area contributed by atoms with Gasteiger partial charge >= 0.3 is 0 Å². The molecule has 8 nitrogen and oxygen atoms in total. The summed E-state index contributed by atoms with van der Waals surface area (Å²) in [4.78, 5) is 21.8. The van der Waals surface area contributed by atoms with E-state index in [1.165, 1.54) is 19.3 Å². The monoisotopic (exact) mass is 408 g/mol. The first-order chi connectivity index (χ1) is 14.7. The topological polar surface area (TPSA) is 94.0 Å². The van der Waals surface area contributed by atoms with Crippen molar-refractivity contribution in [1.82, 2.24) is 25.1 Å². The lowest BCUT2D eigenvalue weighted by Crippen LogP contribution is -2.27. The molecule has 30 heavy (non-hydrogen) atoms. The fraction of sp³-hybridized carbons (Fsp3) is 0.455. The summed E-state index contributed by atoms with van der Waals surface area (Å²) in [5.41, 5.74) is 3.08. The zero-order chi connectivity index (χ0) is 20.9. The number of anilines is 1. The minimum atomic E-state index is -0.164. The summed E-state index contributed by atoms with van der Waals surface area (Å²) in [6.07, 6.45) is 11.1. The van der Waals surface area contributed by atoms with Gasteiger partial charge in [0.2, 0.25) is 5.88 Å². The summed E-state index contributed by atoms with van der Waals surface area (Å²) in [6, 6.07) is 4.04. The van der Waals surface area contributed by atoms with Gasteiger partial charge < -0.3 is 15.4 Å². The molecule has 4 rings (SSSR count). The molecule has 3 aromatic heterocycles. The third-order valence-electron chi connectivity index (χ3n) is 5.62. The predicted octanol–water partition coefficient (Wildman–Crippen LogP) is 3.53. The lowest BCUT2D eigenvalue weighted by Gasteiger charge is -2.25. The molecule has 0 spiro atoms. The Kier molecular flexibility index (Phi) is 6.11. The SMILES string of the molecule is CCn1ncc2c(NC3CCCCC3)c(C(=O)NCc3ccc(OC)nc3)cnc21. The normalized spacial score (nSPS) is 14.6. The number of aromatic nitrogens is 4. The number of ether oxygens (including phenoxy) is 1. The van der Waals surface area contributed by atoms with Gasteiger partial charge in [0.1, 0.15) is 0 Å². The van der Waals surface area contributed by atoms with Crippen LogP contribution in [-0.4, -0.2) is 38.8 Å². The van der Waals surface area contributed by atoms with Crippen molar-refractivity contribution >= 4 is 22.6 Å². The van der Waals surface area contributed by atoms with E-state index in [1.807, 2.05) is 17.7 Å². The van der Waals surface area contributed by atoms with Gasteiger partial charge in [-0.2, -0.15) is 5.10 Å². The smallest absolute Gasteiger partial charge is 0.255 e. The number of methoxy groups -OCH3 is 1. The summed E-state index contributed by atoms with van der Waals surface area (Å²) in [7, 11) is 1.58. The van der Waals surface area contributed by atoms with E-state index in [4.69, 9.17) is 4.74 Å². The van der Waals surface area contributed by atoms with Crippen LogP contribution < -0.4 is 15.4 Å². The van der Waals surface area contributed by atoms with Gasteiger partial charge in [0.05, 0.1) is 29.9 Å². The maximum Gasteiger partial charge on any atom is 0.255 e. The van der Waals surface area contributed by atoms with Crippen molar-refractivity contribution in [3.8, 4) is 5.88 Å². The van der Waals surface area contributed by atoms with Crippen molar-refractivity contribution < 1.29 is 9.53 Å². The lowest BCUT2D eigenvalue weighted by molar-refractivity contribution is 0.0951. The van der Waals surface area contributed by atoms with Crippen molar-refractivity contribution in [2.75, 3.05) is 12.4 Å². The molecule has 0 radical (unpaired) electrons. The van der Waals surface area contributed by atoms with Crippen LogP contribution in [0.3, 0.4) is 0 Å². The number of nitrogens with zero attached hydrogens (tertiary/aromatic N) is 4. The zero-order valence-corrected chi connectivity index (χ0v) is 17.5. The summed E-state index contributed by atoms with van der Waals surface area (Å²) in [6.45, 7) is 3.15. The van der Waals surface area contributed by atoms with Crippen molar-refractivity contribution in [3.05, 3.63) is 41.9 Å². The van der Waals surface area contributed by atoms with Crippen LogP contribution in [-0.2, 0) is 13.1 Å². The first-order valence-corrected chi connectivity index (χ1v) is 10.6. The summed E-state index contributed by atoms with van der Waals surface area (Å²) in [5.74, 6) is 0.384. The van der Waals surface area contributed by atoms with Crippen LogP contribution in [0.5, 0.6) is 5.88 Å². The van der Waals surface area contributed by atoms with Crippen molar-refractivity contribution in [1.29, 1.82) is 0 Å². The highest BCUT2D eigenvalue weighted by Crippen LogP contribution is 2.30. The molecule has 158 valence electrons. The third kappa shape index (κ3) is 4.22. The molecule has 1 aliphatic carbocycles. The van der Waals surface area contributed by atoms with Crippen LogP contribution in [0.2, 0.25) is 0 Å². The summed E-state index contributed by atoms with van der Waals surface area (Å²) < 4.78 is 6.93. The number of carbonyl (C=O) groups excluding carboxylic acids is 1. The fourth-order valence-electron chi connectivity index (χ4n) is 3.95. The third-order valence-corrected chi connectivity index (χ3v) is 5.62. The Labute approximate surface area is 176 Å². The molecule has 0 atom stereocenters. The highest BCUT2D eigenvalue weighted by molar-refractivity contribution is 6.06. The molecule has 3 aromatic rings. The van der Waals surface area contributed by atoms with Gasteiger partial charge in [-0.05, 0) is 25.3 Å². The van der Waals surface area contributed by atoms with Crippen LogP contribution >= 0.6 is 0 Å². The first kappa shape index (κ1) is 20.1. The number of nitrogens with one attached hydrogen (secondary N) is 2. The molecular weight excluding hydrogens is 380 g/mol. The average molecular weight is 409 g/mol. The minimum absolute atomic E-state index is 0.164. The van der Waals surface area contributed by atoms with Crippen molar-refractivity contribution in [2.24, 2.45) is 0 Å². The molecule has 3 heterocycles. The molecule has 0 bridgehead atoms. The molecule has 0 saturated heterocycles. The fourth-order valence-corrected chi connectivity index (χ4v) is 3.95. The maximum absolute atomic E-state index is 13.1. The molecule has 1 fully saturated rings. The van der Waals surface area contributed by atoms with E-state index in [0.717, 1.165) is 41.7 Å². The molecule has 2 N–H and O–H groups in total. The zero-order valence-electron chi connectivity index (χ0n) is 17.5. The van der Waals surface area contributed by atoms with Crippen molar-refractivity contribution in [2.45, 2.75) is 58.2 Å². The highest BCUT2D eigenvalue weighted by Gasteiger charge is 2.21. The number of hydrogen-bond donors (Lipinski definition) is 2. The average Bonchev–Trinajstić information content (AvgIpc) is 3.22. The van der Waals surface area contributed by atoms with Gasteiger partial charge in [-0.1, -0.05) is 25.3 Å². The Bertz CT molecular complexity index is 1010. The van der Waals surface area contributed by atoms with Gasteiger partial charge in [0, 0.05) is 37.6 Å². The maximum atomic E-state index is 13.1. The molecule has 1 aliphatic rings. The van der Waals surface area contributed by atoms with E-state index in [-0.39, 0.29) is 5.91 Å². The Morgan fingerprint density at radius 2 is 2.00 bits per heavy atom. The van der Waals surface area contributed by atoms with Gasteiger partial charge in [-0.15, -0.1) is 0 Å². The summed E-state index contributed by atoms with van der Waals surface area (Å²) >= 11 is 0. The number of hydrogen-bond acceptors (Lipinski definition) is 6. The van der Waals surface area contributed by atoms with E-state index in [1.54, 1.807) is 31.8 Å². The Hall–Kier alpha value is -3.16. The number of rotatable bonds is 7. The second-order valence-electron chi connectivity index (χ2n) is 7.62. The Morgan fingerprint density at radius 3 is 2.70 bits per heavy atom. The molecule has 1 saturated carbocycles. The number of fused-ring (bicyclic) bond motifs is 1. The van der Waals surface area contributed by atoms with Crippen LogP contribution in [0.25, 0.3) is 11.0 Å². The molecule has 1 amide bonds. The number of pyridine rings is 2. The number of amides is 1. The van der Waals surface area contributed by atoms with Gasteiger partial charge in [-0.25, -0.2) is 14.6 Å². The number of aryl methyl sites for hydroxylation is 1. The van der Waals surface area contributed by atoms with Gasteiger partial charge in [0.15, 0.2) is 5.65 Å². The van der Waals surface area contributed by atoms with E-state index in [0.29, 0.717) is 24.0 Å². The molecular formula is C22H28N6O2. The van der Waals surface area contributed by atoms with E-state index < -0.39 is 0 Å². The van der Waals surface area contributed by atoms with E-state index in [9.17, 15) is 4.79 Å². The Balaban J connectivity index is 1.59. The highest BCUT2D eigenvalue weighted by atomic mass is 16.5. The lowest BCUT2D eigenvalue weighted by atomic mass is 9.95. The van der Waals surface area contributed by atoms with Crippen molar-refractivity contribution in [3.63, 3.8) is 0 Å². The standard InChI is InChI=1S/C22H28N6O2/c1-3-28-21-17(14-26-28)20(27-16-7-5-4-6-8-16)18(13-24-21)22(29)25-12-15-9-10-19(30-2)23-11-15/h9-11,13-14,16H,3-8,12H2,1-2H3,(H,24,27)(H,25,29). The molecule has 0 aromatic carbocycles. The van der Waals surface area contributed by atoms with Crippen LogP contribution in [0, 0.1) is 0 Å².